The van der Waals surface area contributed by atoms with Gasteiger partial charge in [-0.25, -0.2) is 17.2 Å². The van der Waals surface area contributed by atoms with Crippen molar-refractivity contribution in [1.29, 1.82) is 0 Å². The van der Waals surface area contributed by atoms with E-state index >= 15 is 0 Å². The second-order valence-corrected chi connectivity index (χ2v) is 9.59. The molecule has 0 fully saturated rings. The second-order valence-electron chi connectivity index (χ2n) is 7.20. The molecule has 9 heteroatoms. The van der Waals surface area contributed by atoms with Crippen LogP contribution < -0.4 is 5.32 Å². The predicted octanol–water partition coefficient (Wildman–Crippen LogP) is 5.19. The van der Waals surface area contributed by atoms with Crippen LogP contribution >= 0.6 is 11.6 Å². The molecule has 0 spiro atoms. The third kappa shape index (κ3) is 4.66. The Morgan fingerprint density at radius 3 is 2.53 bits per heavy atom. The Balaban J connectivity index is 1.64. The third-order valence-electron chi connectivity index (χ3n) is 4.85. The first kappa shape index (κ1) is 22.0. The number of para-hydroxylation sites is 1. The largest absolute Gasteiger partial charge is 0.337 e. The normalized spacial score (nSPS) is 11.6. The molecule has 0 saturated heterocycles. The molecule has 0 unspecified atom stereocenters. The van der Waals surface area contributed by atoms with Gasteiger partial charge in [0.1, 0.15) is 18.2 Å². The van der Waals surface area contributed by atoms with E-state index in [-0.39, 0.29) is 22.9 Å². The number of hydrogen-bond donors (Lipinski definition) is 1. The molecule has 0 atom stereocenters. The molecule has 1 N–H and O–H groups in total. The van der Waals surface area contributed by atoms with Crippen LogP contribution in [0.1, 0.15) is 5.56 Å². The van der Waals surface area contributed by atoms with Gasteiger partial charge in [-0.1, -0.05) is 41.9 Å². The van der Waals surface area contributed by atoms with Crippen LogP contribution in [0.25, 0.3) is 10.9 Å². The van der Waals surface area contributed by atoms with Crippen molar-refractivity contribution in [2.75, 3.05) is 5.32 Å². The van der Waals surface area contributed by atoms with Gasteiger partial charge in [-0.3, -0.25) is 4.79 Å². The first-order valence-corrected chi connectivity index (χ1v) is 11.6. The number of carbonyl (C=O) groups is 1. The van der Waals surface area contributed by atoms with Gasteiger partial charge in [-0.05, 0) is 35.9 Å². The molecule has 0 aliphatic carbocycles. The first-order valence-electron chi connectivity index (χ1n) is 9.53. The van der Waals surface area contributed by atoms with Gasteiger partial charge >= 0.3 is 0 Å². The summed E-state index contributed by atoms with van der Waals surface area (Å²) in [6.07, 6.45) is 1.39. The fourth-order valence-electron chi connectivity index (χ4n) is 3.45. The topological polar surface area (TPSA) is 68.2 Å². The van der Waals surface area contributed by atoms with E-state index in [1.165, 1.54) is 10.8 Å². The molecule has 0 radical (unpaired) electrons. The number of anilines is 1. The van der Waals surface area contributed by atoms with Crippen LogP contribution in [0.4, 0.5) is 14.5 Å². The average molecular weight is 475 g/mol. The highest BCUT2D eigenvalue weighted by Gasteiger charge is 2.22. The molecule has 4 rings (SSSR count). The molecule has 1 heterocycles. The average Bonchev–Trinajstić information content (AvgIpc) is 3.09. The Bertz CT molecular complexity index is 1430. The van der Waals surface area contributed by atoms with Crippen molar-refractivity contribution in [1.82, 2.24) is 4.57 Å². The maximum Gasteiger partial charge on any atom is 0.244 e. The lowest BCUT2D eigenvalue weighted by molar-refractivity contribution is -0.116. The SMILES string of the molecule is O=C(Cn1cc(S(=O)(=O)Cc2cccc(Cl)c2)c2ccccc21)Nc1ccc(F)cc1F. The fourth-order valence-corrected chi connectivity index (χ4v) is 5.23. The molecule has 0 bridgehead atoms. The Morgan fingerprint density at radius 1 is 1.00 bits per heavy atom. The van der Waals surface area contributed by atoms with E-state index in [2.05, 4.69) is 5.32 Å². The van der Waals surface area contributed by atoms with Gasteiger partial charge in [0.25, 0.3) is 0 Å². The molecule has 0 aliphatic rings. The summed E-state index contributed by atoms with van der Waals surface area (Å²) >= 11 is 5.97. The Morgan fingerprint density at radius 2 is 1.78 bits per heavy atom. The van der Waals surface area contributed by atoms with Crippen molar-refractivity contribution in [3.05, 3.63) is 95.1 Å². The molecule has 0 aliphatic heterocycles. The highest BCUT2D eigenvalue weighted by Crippen LogP contribution is 2.28. The van der Waals surface area contributed by atoms with E-state index in [0.717, 1.165) is 12.1 Å². The van der Waals surface area contributed by atoms with E-state index < -0.39 is 27.4 Å². The molecule has 164 valence electrons. The zero-order chi connectivity index (χ0) is 22.9. The Hall–Kier alpha value is -3.23. The second kappa shape index (κ2) is 8.72. The molecule has 4 aromatic rings. The molecular formula is C23H17ClF2N2O3S. The Labute approximate surface area is 188 Å². The van der Waals surface area contributed by atoms with Crippen LogP contribution in [0, 0.1) is 11.6 Å². The zero-order valence-corrected chi connectivity index (χ0v) is 18.1. The summed E-state index contributed by atoms with van der Waals surface area (Å²) in [5.41, 5.74) is 0.910. The zero-order valence-electron chi connectivity index (χ0n) is 16.6. The van der Waals surface area contributed by atoms with Gasteiger partial charge < -0.3 is 9.88 Å². The van der Waals surface area contributed by atoms with Crippen molar-refractivity contribution in [2.24, 2.45) is 0 Å². The number of rotatable bonds is 6. The summed E-state index contributed by atoms with van der Waals surface area (Å²) in [5.74, 6) is -2.50. The van der Waals surface area contributed by atoms with E-state index in [9.17, 15) is 22.0 Å². The lowest BCUT2D eigenvalue weighted by atomic mass is 10.2. The minimum absolute atomic E-state index is 0.0776. The van der Waals surface area contributed by atoms with Crippen molar-refractivity contribution >= 4 is 43.9 Å². The van der Waals surface area contributed by atoms with Crippen LogP contribution in [0.2, 0.25) is 5.02 Å². The Kier molecular flexibility index (Phi) is 5.99. The summed E-state index contributed by atoms with van der Waals surface area (Å²) in [6.45, 7) is -0.260. The van der Waals surface area contributed by atoms with Crippen LogP contribution in [0.5, 0.6) is 0 Å². The van der Waals surface area contributed by atoms with E-state index in [4.69, 9.17) is 11.6 Å². The number of benzene rings is 3. The maximum absolute atomic E-state index is 13.8. The highest BCUT2D eigenvalue weighted by atomic mass is 35.5. The number of aromatic nitrogens is 1. The predicted molar refractivity (Wildman–Crippen MR) is 119 cm³/mol. The van der Waals surface area contributed by atoms with Gasteiger partial charge in [0.05, 0.1) is 16.3 Å². The minimum Gasteiger partial charge on any atom is -0.337 e. The van der Waals surface area contributed by atoms with E-state index in [1.54, 1.807) is 48.5 Å². The van der Waals surface area contributed by atoms with Crippen molar-refractivity contribution in [3.63, 3.8) is 0 Å². The summed E-state index contributed by atoms with van der Waals surface area (Å²) < 4.78 is 54.7. The highest BCUT2D eigenvalue weighted by molar-refractivity contribution is 7.90. The van der Waals surface area contributed by atoms with Gasteiger partial charge in [-0.2, -0.15) is 0 Å². The van der Waals surface area contributed by atoms with E-state index in [0.29, 0.717) is 27.6 Å². The van der Waals surface area contributed by atoms with Crippen molar-refractivity contribution in [3.8, 4) is 0 Å². The van der Waals surface area contributed by atoms with Gasteiger partial charge in [0, 0.05) is 28.2 Å². The number of halogens is 3. The molecular weight excluding hydrogens is 458 g/mol. The minimum atomic E-state index is -3.75. The molecule has 1 aromatic heterocycles. The summed E-state index contributed by atoms with van der Waals surface area (Å²) in [7, 11) is -3.75. The lowest BCUT2D eigenvalue weighted by Gasteiger charge is -2.08. The number of fused-ring (bicyclic) bond motifs is 1. The molecule has 0 saturated carbocycles. The summed E-state index contributed by atoms with van der Waals surface area (Å²) in [4.78, 5) is 12.6. The number of sulfone groups is 1. The van der Waals surface area contributed by atoms with Crippen molar-refractivity contribution in [2.45, 2.75) is 17.2 Å². The summed E-state index contributed by atoms with van der Waals surface area (Å²) in [5, 5.41) is 3.28. The van der Waals surface area contributed by atoms with E-state index in [1.807, 2.05) is 0 Å². The van der Waals surface area contributed by atoms with Gasteiger partial charge in [-0.15, -0.1) is 0 Å². The third-order valence-corrected chi connectivity index (χ3v) is 6.80. The van der Waals surface area contributed by atoms with Crippen LogP contribution in [-0.4, -0.2) is 18.9 Å². The number of carbonyl (C=O) groups excluding carboxylic acids is 1. The quantitative estimate of drug-likeness (QED) is 0.418. The molecule has 1 amide bonds. The van der Waals surface area contributed by atoms with Crippen LogP contribution in [0.15, 0.2) is 77.8 Å². The summed E-state index contributed by atoms with van der Waals surface area (Å²) in [6, 6.07) is 16.2. The number of amides is 1. The van der Waals surface area contributed by atoms with Gasteiger partial charge in [0.2, 0.25) is 5.91 Å². The monoisotopic (exact) mass is 474 g/mol. The molecule has 3 aromatic carbocycles. The fraction of sp³-hybridized carbons (Fsp3) is 0.0870. The van der Waals surface area contributed by atoms with Crippen LogP contribution in [0.3, 0.4) is 0 Å². The number of nitrogens with one attached hydrogen (secondary N) is 1. The first-order chi connectivity index (χ1) is 15.2. The molecule has 5 nitrogen and oxygen atoms in total. The lowest BCUT2D eigenvalue weighted by Crippen LogP contribution is -2.19. The number of hydrogen-bond acceptors (Lipinski definition) is 3. The maximum atomic E-state index is 13.8. The standard InChI is InChI=1S/C23H17ClF2N2O3S/c24-16-5-3-4-15(10-16)14-32(30,31)22-12-28(21-7-2-1-6-18(21)22)13-23(29)27-20-9-8-17(25)11-19(20)26/h1-12H,13-14H2,(H,27,29). The van der Waals surface area contributed by atoms with Crippen molar-refractivity contribution < 1.29 is 22.0 Å². The number of nitrogens with zero attached hydrogens (tertiary/aromatic N) is 1. The van der Waals surface area contributed by atoms with Crippen LogP contribution in [-0.2, 0) is 26.9 Å². The molecule has 32 heavy (non-hydrogen) atoms. The van der Waals surface area contributed by atoms with Gasteiger partial charge in [0.15, 0.2) is 9.84 Å². The smallest absolute Gasteiger partial charge is 0.244 e.